The van der Waals surface area contributed by atoms with E-state index in [1.165, 1.54) is 5.56 Å². The van der Waals surface area contributed by atoms with Crippen LogP contribution < -0.4 is 9.47 Å². The Balaban J connectivity index is 2.27. The van der Waals surface area contributed by atoms with Crippen LogP contribution in [0.3, 0.4) is 0 Å². The summed E-state index contributed by atoms with van der Waals surface area (Å²) in [5.74, 6) is 1.37. The Hall–Kier alpha value is -2.26. The molecule has 0 heterocycles. The van der Waals surface area contributed by atoms with Crippen LogP contribution in [-0.4, -0.2) is 17.3 Å². The Morgan fingerprint density at radius 1 is 0.903 bits per heavy atom. The molecule has 0 radical (unpaired) electrons. The van der Waals surface area contributed by atoms with E-state index in [0.717, 1.165) is 18.4 Å². The summed E-state index contributed by atoms with van der Waals surface area (Å²) < 4.78 is 12.3. The van der Waals surface area contributed by atoms with Crippen LogP contribution in [0.5, 0.6) is 11.5 Å². The summed E-state index contributed by atoms with van der Waals surface area (Å²) in [5.41, 5.74) is 1.57. The van der Waals surface area contributed by atoms with Crippen LogP contribution in [0.25, 0.3) is 0 Å². The van der Waals surface area contributed by atoms with E-state index in [2.05, 4.69) is 53.3 Å². The minimum Gasteiger partial charge on any atom is -0.487 e. The van der Waals surface area contributed by atoms with Crippen molar-refractivity contribution in [2.45, 2.75) is 78.4 Å². The highest BCUT2D eigenvalue weighted by Crippen LogP contribution is 2.40. The van der Waals surface area contributed by atoms with Gasteiger partial charge in [-0.05, 0) is 60.3 Å². The Bertz CT molecular complexity index is 829. The molecule has 31 heavy (non-hydrogen) atoms. The normalized spacial score (nSPS) is 14.0. The largest absolute Gasteiger partial charge is 0.487 e. The van der Waals surface area contributed by atoms with E-state index in [9.17, 15) is 5.11 Å². The second-order valence-electron chi connectivity index (χ2n) is 10.7. The van der Waals surface area contributed by atoms with Gasteiger partial charge in [0, 0.05) is 0 Å². The maximum Gasteiger partial charge on any atom is 0.161 e. The molecule has 1 N–H and O–H groups in total. The summed E-state index contributed by atoms with van der Waals surface area (Å²) >= 11 is 0. The third-order valence-electron chi connectivity index (χ3n) is 5.36. The van der Waals surface area contributed by atoms with Gasteiger partial charge in [-0.3, -0.25) is 0 Å². The molecule has 0 aliphatic rings. The molecule has 0 bridgehead atoms. The molecule has 0 aliphatic carbocycles. The van der Waals surface area contributed by atoms with Crippen molar-refractivity contribution in [2.24, 2.45) is 5.41 Å². The second kappa shape index (κ2) is 10.4. The van der Waals surface area contributed by atoms with Gasteiger partial charge in [0.2, 0.25) is 0 Å². The lowest BCUT2D eigenvalue weighted by atomic mass is 9.72. The molecule has 0 fully saturated rings. The standard InChI is InChI=1S/C28H40O3/c1-8-9-17-28(7,29)21-31-25-18-23(27(5,6)20-26(2,3)4)15-16-24(25)30-19-22-13-11-10-12-14-22/h8,10-16,18,29H,1,9,17,19-21H2,2-7H3. The molecule has 170 valence electrons. The molecule has 0 aliphatic heterocycles. The van der Waals surface area contributed by atoms with Crippen molar-refractivity contribution >= 4 is 0 Å². The molecule has 0 aromatic heterocycles. The smallest absolute Gasteiger partial charge is 0.161 e. The zero-order valence-corrected chi connectivity index (χ0v) is 20.2. The highest BCUT2D eigenvalue weighted by atomic mass is 16.5. The fraction of sp³-hybridized carbons (Fsp3) is 0.500. The van der Waals surface area contributed by atoms with Crippen molar-refractivity contribution in [3.63, 3.8) is 0 Å². The first-order chi connectivity index (χ1) is 14.4. The van der Waals surface area contributed by atoms with Gasteiger partial charge < -0.3 is 14.6 Å². The van der Waals surface area contributed by atoms with Crippen molar-refractivity contribution in [3.8, 4) is 11.5 Å². The van der Waals surface area contributed by atoms with E-state index in [1.807, 2.05) is 42.5 Å². The van der Waals surface area contributed by atoms with Gasteiger partial charge in [0.25, 0.3) is 0 Å². The molecule has 2 aromatic carbocycles. The Labute approximate surface area is 189 Å². The van der Waals surface area contributed by atoms with E-state index in [1.54, 1.807) is 6.92 Å². The maximum atomic E-state index is 10.7. The summed E-state index contributed by atoms with van der Waals surface area (Å²) in [6, 6.07) is 16.3. The molecule has 1 unspecified atom stereocenters. The van der Waals surface area contributed by atoms with Crippen molar-refractivity contribution in [1.82, 2.24) is 0 Å². The van der Waals surface area contributed by atoms with Gasteiger partial charge in [0.05, 0.1) is 5.60 Å². The highest BCUT2D eigenvalue weighted by Gasteiger charge is 2.29. The molecule has 1 atom stereocenters. The van der Waals surface area contributed by atoms with Gasteiger partial charge in [-0.1, -0.05) is 77.1 Å². The van der Waals surface area contributed by atoms with Crippen molar-refractivity contribution in [2.75, 3.05) is 6.61 Å². The lowest BCUT2D eigenvalue weighted by Gasteiger charge is -2.33. The number of hydrogen-bond donors (Lipinski definition) is 1. The number of allylic oxidation sites excluding steroid dienone is 1. The molecule has 0 amide bonds. The van der Waals surface area contributed by atoms with Crippen LogP contribution in [0, 0.1) is 5.41 Å². The van der Waals surface area contributed by atoms with Crippen molar-refractivity contribution in [3.05, 3.63) is 72.3 Å². The van der Waals surface area contributed by atoms with Crippen LogP contribution in [0.15, 0.2) is 61.2 Å². The van der Waals surface area contributed by atoms with Crippen LogP contribution >= 0.6 is 0 Å². The summed E-state index contributed by atoms with van der Waals surface area (Å²) in [6.45, 7) is 17.5. The zero-order chi connectivity index (χ0) is 23.1. The predicted octanol–water partition coefficient (Wildman–Crippen LogP) is 7.08. The van der Waals surface area contributed by atoms with E-state index in [4.69, 9.17) is 9.47 Å². The summed E-state index contributed by atoms with van der Waals surface area (Å²) in [7, 11) is 0. The zero-order valence-electron chi connectivity index (χ0n) is 20.2. The van der Waals surface area contributed by atoms with E-state index in [-0.39, 0.29) is 17.4 Å². The predicted molar refractivity (Wildman–Crippen MR) is 130 cm³/mol. The van der Waals surface area contributed by atoms with Gasteiger partial charge in [-0.15, -0.1) is 6.58 Å². The van der Waals surface area contributed by atoms with E-state index in [0.29, 0.717) is 24.5 Å². The van der Waals surface area contributed by atoms with Gasteiger partial charge in [-0.25, -0.2) is 0 Å². The molecular weight excluding hydrogens is 384 g/mol. The summed E-state index contributed by atoms with van der Waals surface area (Å²) in [4.78, 5) is 0. The van der Waals surface area contributed by atoms with Crippen LogP contribution in [0.2, 0.25) is 0 Å². The number of aliphatic hydroxyl groups is 1. The first kappa shape index (κ1) is 25.0. The lowest BCUT2D eigenvalue weighted by molar-refractivity contribution is 0.00424. The molecule has 3 nitrogen and oxygen atoms in total. The third kappa shape index (κ3) is 8.41. The Morgan fingerprint density at radius 2 is 1.58 bits per heavy atom. The SMILES string of the molecule is C=CCCC(C)(O)COc1cc(C(C)(C)CC(C)(C)C)ccc1OCc1ccccc1. The van der Waals surface area contributed by atoms with Gasteiger partial charge in [-0.2, -0.15) is 0 Å². The number of ether oxygens (including phenoxy) is 2. The number of benzene rings is 2. The van der Waals surface area contributed by atoms with E-state index >= 15 is 0 Å². The van der Waals surface area contributed by atoms with Crippen LogP contribution in [0.4, 0.5) is 0 Å². The first-order valence-corrected chi connectivity index (χ1v) is 11.2. The second-order valence-corrected chi connectivity index (χ2v) is 10.7. The van der Waals surface area contributed by atoms with Gasteiger partial charge in [0.15, 0.2) is 11.5 Å². The van der Waals surface area contributed by atoms with Gasteiger partial charge in [0.1, 0.15) is 13.2 Å². The number of hydrogen-bond acceptors (Lipinski definition) is 3. The quantitative estimate of drug-likeness (QED) is 0.392. The molecule has 0 saturated heterocycles. The molecule has 3 heteroatoms. The first-order valence-electron chi connectivity index (χ1n) is 11.2. The topological polar surface area (TPSA) is 38.7 Å². The number of rotatable bonds is 11. The Morgan fingerprint density at radius 3 is 2.19 bits per heavy atom. The fourth-order valence-corrected chi connectivity index (χ4v) is 4.04. The monoisotopic (exact) mass is 424 g/mol. The molecule has 0 spiro atoms. The fourth-order valence-electron chi connectivity index (χ4n) is 4.04. The molecular formula is C28H40O3. The minimum atomic E-state index is -0.929. The minimum absolute atomic E-state index is 0.0142. The Kier molecular flexibility index (Phi) is 8.36. The van der Waals surface area contributed by atoms with Crippen molar-refractivity contribution in [1.29, 1.82) is 0 Å². The molecule has 2 aromatic rings. The molecule has 0 saturated carbocycles. The molecule has 2 rings (SSSR count). The van der Waals surface area contributed by atoms with Crippen LogP contribution in [0.1, 0.15) is 71.9 Å². The van der Waals surface area contributed by atoms with Gasteiger partial charge >= 0.3 is 0 Å². The maximum absolute atomic E-state index is 10.7. The third-order valence-corrected chi connectivity index (χ3v) is 5.36. The highest BCUT2D eigenvalue weighted by molar-refractivity contribution is 5.45. The average molecular weight is 425 g/mol. The van der Waals surface area contributed by atoms with Crippen LogP contribution in [-0.2, 0) is 12.0 Å². The summed E-state index contributed by atoms with van der Waals surface area (Å²) in [6.07, 6.45) is 4.21. The van der Waals surface area contributed by atoms with Crippen molar-refractivity contribution < 1.29 is 14.6 Å². The van der Waals surface area contributed by atoms with E-state index < -0.39 is 5.60 Å². The average Bonchev–Trinajstić information content (AvgIpc) is 2.68. The lowest BCUT2D eigenvalue weighted by Crippen LogP contribution is -2.32. The summed E-state index contributed by atoms with van der Waals surface area (Å²) in [5, 5.41) is 10.7.